The Labute approximate surface area is 234 Å². The molecule has 200 valence electrons. The largest absolute Gasteiger partial charge is 0.497 e. The maximum absolute atomic E-state index is 6.27. The van der Waals surface area contributed by atoms with Crippen molar-refractivity contribution >= 4 is 35.5 Å². The van der Waals surface area contributed by atoms with Crippen LogP contribution >= 0.6 is 11.9 Å². The fourth-order valence-corrected chi connectivity index (χ4v) is 5.68. The summed E-state index contributed by atoms with van der Waals surface area (Å²) in [6.45, 7) is 3.49. The van der Waals surface area contributed by atoms with Crippen LogP contribution in [0.1, 0.15) is 16.7 Å². The van der Waals surface area contributed by atoms with Crippen LogP contribution in [0.15, 0.2) is 96.0 Å². The molecule has 2 heterocycles. The number of methoxy groups -OCH3 is 2. The van der Waals surface area contributed by atoms with Crippen LogP contribution in [0.3, 0.4) is 0 Å². The molecule has 1 aliphatic rings. The van der Waals surface area contributed by atoms with Crippen LogP contribution in [0.4, 0.5) is 17.3 Å². The molecule has 39 heavy (non-hydrogen) atoms. The van der Waals surface area contributed by atoms with E-state index in [0.717, 1.165) is 54.7 Å². The first-order chi connectivity index (χ1) is 19.1. The number of nitrogens with two attached hydrogens (primary N) is 1. The topological polar surface area (TPSA) is 76.2 Å². The molecule has 0 spiro atoms. The van der Waals surface area contributed by atoms with E-state index < -0.39 is 0 Å². The number of para-hydroxylation sites is 1. The third kappa shape index (κ3) is 7.10. The van der Waals surface area contributed by atoms with Gasteiger partial charge in [0.15, 0.2) is 0 Å². The Morgan fingerprint density at radius 2 is 1.46 bits per heavy atom. The molecule has 7 nitrogen and oxygen atoms in total. The van der Waals surface area contributed by atoms with Crippen LogP contribution in [-0.2, 0) is 13.1 Å². The van der Waals surface area contributed by atoms with E-state index in [2.05, 4.69) is 43.4 Å². The van der Waals surface area contributed by atoms with Crippen molar-refractivity contribution in [3.05, 3.63) is 108 Å². The molecule has 5 rings (SSSR count). The van der Waals surface area contributed by atoms with Gasteiger partial charge in [-0.2, -0.15) is 0 Å². The van der Waals surface area contributed by atoms with Gasteiger partial charge in [0, 0.05) is 38.0 Å². The number of ether oxygens (including phenoxy) is 2. The molecule has 8 heteroatoms. The molecule has 1 aromatic heterocycles. The number of rotatable bonds is 11. The van der Waals surface area contributed by atoms with Gasteiger partial charge in [0.1, 0.15) is 23.1 Å². The minimum Gasteiger partial charge on any atom is -0.497 e. The lowest BCUT2D eigenvalue weighted by Crippen LogP contribution is -2.50. The van der Waals surface area contributed by atoms with Gasteiger partial charge in [-0.15, -0.1) is 0 Å². The normalized spacial score (nSPS) is 13.6. The first kappa shape index (κ1) is 26.6. The van der Waals surface area contributed by atoms with Gasteiger partial charge in [-0.1, -0.05) is 54.4 Å². The Kier molecular flexibility index (Phi) is 8.65. The second kappa shape index (κ2) is 12.7. The minimum atomic E-state index is 0.462. The second-order valence-corrected chi connectivity index (χ2v) is 10.8. The molecule has 4 aromatic rings. The molecule has 1 aliphatic heterocycles. The van der Waals surface area contributed by atoms with Gasteiger partial charge in [-0.3, -0.25) is 4.99 Å². The molecule has 0 atom stereocenters. The van der Waals surface area contributed by atoms with Crippen molar-refractivity contribution < 1.29 is 9.47 Å². The summed E-state index contributed by atoms with van der Waals surface area (Å²) in [6, 6.07) is 30.4. The van der Waals surface area contributed by atoms with E-state index in [0.29, 0.717) is 11.1 Å². The Balaban J connectivity index is 1.21. The molecular weight excluding hydrogens is 506 g/mol. The van der Waals surface area contributed by atoms with Crippen LogP contribution in [0, 0.1) is 0 Å². The number of anilines is 2. The maximum atomic E-state index is 6.27. The molecule has 0 saturated carbocycles. The first-order valence-electron chi connectivity index (χ1n) is 12.9. The van der Waals surface area contributed by atoms with Gasteiger partial charge in [0.25, 0.3) is 0 Å². The van der Waals surface area contributed by atoms with Gasteiger partial charge in [-0.25, -0.2) is 9.29 Å². The summed E-state index contributed by atoms with van der Waals surface area (Å²) in [5.74, 6) is 3.13. The lowest BCUT2D eigenvalue weighted by molar-refractivity contribution is 0.412. The molecule has 1 fully saturated rings. The number of nitrogen functional groups attached to an aromatic ring is 1. The summed E-state index contributed by atoms with van der Waals surface area (Å²) in [7, 11) is 3.38. The van der Waals surface area contributed by atoms with Gasteiger partial charge in [0.05, 0.1) is 25.2 Å². The summed E-state index contributed by atoms with van der Waals surface area (Å²) in [6.07, 6.45) is 1.77. The highest BCUT2D eigenvalue weighted by Gasteiger charge is 2.30. The third-order valence-electron chi connectivity index (χ3n) is 6.56. The van der Waals surface area contributed by atoms with E-state index in [1.54, 1.807) is 20.4 Å². The number of pyridine rings is 1. The van der Waals surface area contributed by atoms with Crippen molar-refractivity contribution in [3.8, 4) is 11.5 Å². The predicted octanol–water partition coefficient (Wildman–Crippen LogP) is 5.97. The zero-order valence-electron chi connectivity index (χ0n) is 22.2. The SMILES string of the molecule is COc1ccc(CN(Cc2ccc(OC)cc2)SC2CN(c3ccc(C=Nc4ccccc4)c(N)n3)C2)cc1. The summed E-state index contributed by atoms with van der Waals surface area (Å²) in [5, 5.41) is 0.462. The number of hydrogen-bond acceptors (Lipinski definition) is 8. The average molecular weight is 540 g/mol. The number of hydrogen-bond donors (Lipinski definition) is 1. The Hall–Kier alpha value is -4.01. The molecule has 2 N–H and O–H groups in total. The fourth-order valence-electron chi connectivity index (χ4n) is 4.32. The number of aromatic nitrogens is 1. The first-order valence-corrected chi connectivity index (χ1v) is 13.7. The van der Waals surface area contributed by atoms with Gasteiger partial charge in [0.2, 0.25) is 0 Å². The molecule has 0 aliphatic carbocycles. The van der Waals surface area contributed by atoms with Crippen LogP contribution in [0.25, 0.3) is 0 Å². The number of benzene rings is 3. The van der Waals surface area contributed by atoms with Gasteiger partial charge >= 0.3 is 0 Å². The minimum absolute atomic E-state index is 0.462. The Morgan fingerprint density at radius 1 is 0.872 bits per heavy atom. The smallest absolute Gasteiger partial charge is 0.134 e. The van der Waals surface area contributed by atoms with E-state index in [4.69, 9.17) is 15.2 Å². The molecule has 3 aromatic carbocycles. The lowest BCUT2D eigenvalue weighted by Gasteiger charge is -2.41. The Bertz CT molecular complexity index is 1330. The van der Waals surface area contributed by atoms with Crippen molar-refractivity contribution in [3.63, 3.8) is 0 Å². The van der Waals surface area contributed by atoms with Gasteiger partial charge < -0.3 is 20.1 Å². The second-order valence-electron chi connectivity index (χ2n) is 9.36. The zero-order chi connectivity index (χ0) is 27.0. The number of aliphatic imine (C=N–C) groups is 1. The van der Waals surface area contributed by atoms with E-state index in [-0.39, 0.29) is 0 Å². The van der Waals surface area contributed by atoms with Crippen LogP contribution in [-0.4, -0.2) is 48.1 Å². The van der Waals surface area contributed by atoms with E-state index >= 15 is 0 Å². The van der Waals surface area contributed by atoms with Crippen molar-refractivity contribution in [2.75, 3.05) is 37.9 Å². The molecule has 1 saturated heterocycles. The van der Waals surface area contributed by atoms with Crippen molar-refractivity contribution in [2.45, 2.75) is 18.3 Å². The van der Waals surface area contributed by atoms with Gasteiger partial charge in [-0.05, 0) is 59.7 Å². The highest BCUT2D eigenvalue weighted by molar-refractivity contribution is 7.97. The predicted molar refractivity (Wildman–Crippen MR) is 161 cm³/mol. The molecule has 0 amide bonds. The standard InChI is InChI=1S/C31H33N5O2S/c1-37-27-13-8-23(9-14-27)19-36(20-24-10-15-28(38-2)16-11-24)39-29-21-35(22-29)30-17-12-25(31(32)34-30)18-33-26-6-4-3-5-7-26/h3-18,29H,19-22H2,1-2H3,(H2,32,34). The lowest BCUT2D eigenvalue weighted by atomic mass is 10.2. The maximum Gasteiger partial charge on any atom is 0.134 e. The van der Waals surface area contributed by atoms with E-state index in [9.17, 15) is 0 Å². The van der Waals surface area contributed by atoms with Crippen LogP contribution < -0.4 is 20.1 Å². The van der Waals surface area contributed by atoms with Crippen LogP contribution in [0.5, 0.6) is 11.5 Å². The van der Waals surface area contributed by atoms with E-state index in [1.165, 1.54) is 11.1 Å². The Morgan fingerprint density at radius 3 is 2.00 bits per heavy atom. The summed E-state index contributed by atoms with van der Waals surface area (Å²) in [5.41, 5.74) is 10.5. The average Bonchev–Trinajstić information content (AvgIpc) is 2.95. The van der Waals surface area contributed by atoms with Crippen molar-refractivity contribution in [2.24, 2.45) is 4.99 Å². The molecule has 0 unspecified atom stereocenters. The van der Waals surface area contributed by atoms with Crippen LogP contribution in [0.2, 0.25) is 0 Å². The molecular formula is C31H33N5O2S. The summed E-state index contributed by atoms with van der Waals surface area (Å²) in [4.78, 5) is 11.4. The van der Waals surface area contributed by atoms with Crippen molar-refractivity contribution in [1.29, 1.82) is 0 Å². The molecule has 0 radical (unpaired) electrons. The monoisotopic (exact) mass is 539 g/mol. The zero-order valence-corrected chi connectivity index (χ0v) is 23.1. The summed E-state index contributed by atoms with van der Waals surface area (Å²) < 4.78 is 13.1. The number of nitrogens with zero attached hydrogens (tertiary/aromatic N) is 4. The highest BCUT2D eigenvalue weighted by Crippen LogP contribution is 2.32. The molecule has 0 bridgehead atoms. The fraction of sp³-hybridized carbons (Fsp3) is 0.226. The summed E-state index contributed by atoms with van der Waals surface area (Å²) >= 11 is 1.90. The van der Waals surface area contributed by atoms with Crippen molar-refractivity contribution in [1.82, 2.24) is 9.29 Å². The highest BCUT2D eigenvalue weighted by atomic mass is 32.2. The third-order valence-corrected chi connectivity index (χ3v) is 7.71. The van der Waals surface area contributed by atoms with E-state index in [1.807, 2.05) is 78.7 Å². The quantitative estimate of drug-likeness (QED) is 0.186.